The summed E-state index contributed by atoms with van der Waals surface area (Å²) in [5.74, 6) is -0.0798. The fraction of sp³-hybridized carbons (Fsp3) is 0.200. The van der Waals surface area contributed by atoms with Crippen molar-refractivity contribution >= 4 is 35.2 Å². The van der Waals surface area contributed by atoms with Gasteiger partial charge in [0.1, 0.15) is 6.04 Å². The minimum Gasteiger partial charge on any atom is -0.357 e. The lowest BCUT2D eigenvalue weighted by Crippen LogP contribution is -2.50. The number of carbonyl (C=O) groups is 2. The van der Waals surface area contributed by atoms with Gasteiger partial charge >= 0.3 is 0 Å². The van der Waals surface area contributed by atoms with E-state index in [1.807, 2.05) is 78.9 Å². The molecule has 3 aromatic rings. The van der Waals surface area contributed by atoms with Gasteiger partial charge in [0.15, 0.2) is 0 Å². The molecule has 0 radical (unpaired) electrons. The summed E-state index contributed by atoms with van der Waals surface area (Å²) in [4.78, 5) is 28.9. The molecule has 3 rings (SSSR count). The molecule has 4 nitrogen and oxygen atoms in total. The highest BCUT2D eigenvalue weighted by molar-refractivity contribution is 8.00. The average molecular weight is 453 g/mol. The van der Waals surface area contributed by atoms with E-state index in [2.05, 4.69) is 5.32 Å². The van der Waals surface area contributed by atoms with Gasteiger partial charge in [0.2, 0.25) is 11.8 Å². The first-order valence-corrected chi connectivity index (χ1v) is 11.4. The molecule has 0 aliphatic carbocycles. The molecule has 2 amide bonds. The van der Waals surface area contributed by atoms with Crippen molar-refractivity contribution in [3.8, 4) is 0 Å². The summed E-state index contributed by atoms with van der Waals surface area (Å²) in [6, 6.07) is 26.3. The van der Waals surface area contributed by atoms with Gasteiger partial charge < -0.3 is 10.2 Å². The van der Waals surface area contributed by atoms with Crippen molar-refractivity contribution in [2.24, 2.45) is 0 Å². The highest BCUT2D eigenvalue weighted by Gasteiger charge is 2.30. The number of thioether (sulfide) groups is 1. The Morgan fingerprint density at radius 3 is 2.19 bits per heavy atom. The lowest BCUT2D eigenvalue weighted by atomic mass is 10.0. The fourth-order valence-electron chi connectivity index (χ4n) is 3.28. The van der Waals surface area contributed by atoms with E-state index in [0.717, 1.165) is 16.0 Å². The van der Waals surface area contributed by atoms with Gasteiger partial charge in [-0.15, -0.1) is 11.8 Å². The lowest BCUT2D eigenvalue weighted by Gasteiger charge is -2.31. The lowest BCUT2D eigenvalue weighted by molar-refractivity contribution is -0.139. The van der Waals surface area contributed by atoms with Crippen LogP contribution in [0, 0.1) is 0 Å². The second kappa shape index (κ2) is 11.6. The quantitative estimate of drug-likeness (QED) is 0.473. The van der Waals surface area contributed by atoms with Gasteiger partial charge in [-0.2, -0.15) is 0 Å². The van der Waals surface area contributed by atoms with Crippen molar-refractivity contribution in [1.82, 2.24) is 10.2 Å². The van der Waals surface area contributed by atoms with Crippen molar-refractivity contribution in [3.05, 3.63) is 101 Å². The third-order valence-electron chi connectivity index (χ3n) is 4.92. The van der Waals surface area contributed by atoms with E-state index in [9.17, 15) is 9.59 Å². The highest BCUT2D eigenvalue weighted by Crippen LogP contribution is 2.23. The maximum absolute atomic E-state index is 13.4. The number of carbonyl (C=O) groups excluding carboxylic acids is 2. The Kier molecular flexibility index (Phi) is 8.56. The molecule has 3 aromatic carbocycles. The van der Waals surface area contributed by atoms with Gasteiger partial charge in [0.05, 0.1) is 5.75 Å². The summed E-state index contributed by atoms with van der Waals surface area (Å²) < 4.78 is 0. The van der Waals surface area contributed by atoms with Gasteiger partial charge in [-0.05, 0) is 29.3 Å². The number of likely N-dealkylation sites (N-methyl/N-ethyl adjacent to an activating group) is 1. The summed E-state index contributed by atoms with van der Waals surface area (Å²) in [6.45, 7) is 0.263. The number of hydrogen-bond acceptors (Lipinski definition) is 3. The van der Waals surface area contributed by atoms with E-state index in [4.69, 9.17) is 11.6 Å². The Balaban J connectivity index is 1.88. The number of nitrogens with one attached hydrogen (secondary N) is 1. The molecule has 0 heterocycles. The number of hydrogen-bond donors (Lipinski definition) is 1. The van der Waals surface area contributed by atoms with Crippen molar-refractivity contribution in [3.63, 3.8) is 0 Å². The maximum Gasteiger partial charge on any atom is 0.242 e. The molecule has 31 heavy (non-hydrogen) atoms. The number of benzene rings is 3. The Morgan fingerprint density at radius 1 is 0.935 bits per heavy atom. The van der Waals surface area contributed by atoms with Crippen LogP contribution in [0.1, 0.15) is 11.1 Å². The zero-order chi connectivity index (χ0) is 22.1. The predicted octanol–water partition coefficient (Wildman–Crippen LogP) is 4.82. The minimum absolute atomic E-state index is 0.113. The molecular formula is C25H25ClN2O2S. The van der Waals surface area contributed by atoms with Crippen LogP contribution in [0.4, 0.5) is 0 Å². The predicted molar refractivity (Wildman–Crippen MR) is 127 cm³/mol. The molecule has 0 unspecified atom stereocenters. The van der Waals surface area contributed by atoms with Gasteiger partial charge in [-0.3, -0.25) is 9.59 Å². The molecule has 0 aliphatic rings. The van der Waals surface area contributed by atoms with Gasteiger partial charge in [-0.1, -0.05) is 78.3 Å². The van der Waals surface area contributed by atoms with Gasteiger partial charge in [0, 0.05) is 29.9 Å². The Hall–Kier alpha value is -2.76. The largest absolute Gasteiger partial charge is 0.357 e. The van der Waals surface area contributed by atoms with Crippen LogP contribution in [-0.4, -0.2) is 35.6 Å². The van der Waals surface area contributed by atoms with Crippen molar-refractivity contribution in [2.45, 2.75) is 23.9 Å². The molecule has 160 valence electrons. The standard InChI is InChI=1S/C25H25ClN2O2S/c1-27-25(30)23(16-19-10-4-2-5-11-19)28(17-20-12-8-9-15-22(20)26)24(29)18-31-21-13-6-3-7-14-21/h2-15,23H,16-18H2,1H3,(H,27,30)/t23-/m1/s1. The zero-order valence-electron chi connectivity index (χ0n) is 17.3. The van der Waals surface area contributed by atoms with E-state index in [1.54, 1.807) is 18.0 Å². The second-order valence-corrected chi connectivity index (χ2v) is 8.49. The summed E-state index contributed by atoms with van der Waals surface area (Å²) in [5, 5.41) is 3.30. The Morgan fingerprint density at radius 2 is 1.55 bits per heavy atom. The fourth-order valence-corrected chi connectivity index (χ4v) is 4.28. The van der Waals surface area contributed by atoms with Crippen LogP contribution in [0.3, 0.4) is 0 Å². The molecule has 0 aromatic heterocycles. The summed E-state index contributed by atoms with van der Waals surface area (Å²) >= 11 is 7.84. The van der Waals surface area contributed by atoms with Crippen LogP contribution in [0.15, 0.2) is 89.8 Å². The van der Waals surface area contributed by atoms with Crippen LogP contribution in [0.25, 0.3) is 0 Å². The topological polar surface area (TPSA) is 49.4 Å². The molecule has 0 aliphatic heterocycles. The highest BCUT2D eigenvalue weighted by atomic mass is 35.5. The maximum atomic E-state index is 13.4. The first kappa shape index (κ1) is 22.9. The Labute approximate surface area is 192 Å². The third-order valence-corrected chi connectivity index (χ3v) is 6.29. The molecule has 0 spiro atoms. The van der Waals surface area contributed by atoms with E-state index in [0.29, 0.717) is 11.4 Å². The summed E-state index contributed by atoms with van der Waals surface area (Å²) in [7, 11) is 1.59. The molecule has 1 N–H and O–H groups in total. The second-order valence-electron chi connectivity index (χ2n) is 7.03. The molecule has 0 bridgehead atoms. The minimum atomic E-state index is -0.646. The first-order valence-electron chi connectivity index (χ1n) is 10.0. The molecule has 0 saturated heterocycles. The summed E-state index contributed by atoms with van der Waals surface area (Å²) in [5.41, 5.74) is 1.80. The van der Waals surface area contributed by atoms with Crippen molar-refractivity contribution in [2.75, 3.05) is 12.8 Å². The van der Waals surface area contributed by atoms with E-state index < -0.39 is 6.04 Å². The summed E-state index contributed by atoms with van der Waals surface area (Å²) in [6.07, 6.45) is 0.423. The van der Waals surface area contributed by atoms with E-state index >= 15 is 0 Å². The molecular weight excluding hydrogens is 428 g/mol. The number of nitrogens with zero attached hydrogens (tertiary/aromatic N) is 1. The molecule has 0 fully saturated rings. The van der Waals surface area contributed by atoms with E-state index in [-0.39, 0.29) is 24.1 Å². The monoisotopic (exact) mass is 452 g/mol. The van der Waals surface area contributed by atoms with Gasteiger partial charge in [-0.25, -0.2) is 0 Å². The zero-order valence-corrected chi connectivity index (χ0v) is 18.9. The van der Waals surface area contributed by atoms with Crippen LogP contribution in [0.2, 0.25) is 5.02 Å². The number of halogens is 1. The molecule has 1 atom stereocenters. The van der Waals surface area contributed by atoms with E-state index in [1.165, 1.54) is 11.8 Å². The van der Waals surface area contributed by atoms with Crippen molar-refractivity contribution in [1.29, 1.82) is 0 Å². The smallest absolute Gasteiger partial charge is 0.242 e. The Bertz CT molecular complexity index is 999. The van der Waals surface area contributed by atoms with Gasteiger partial charge in [0.25, 0.3) is 0 Å². The molecule has 0 saturated carbocycles. The SMILES string of the molecule is CNC(=O)[C@@H](Cc1ccccc1)N(Cc1ccccc1Cl)C(=O)CSc1ccccc1. The molecule has 6 heteroatoms. The average Bonchev–Trinajstić information content (AvgIpc) is 2.81. The van der Waals surface area contributed by atoms with Crippen LogP contribution in [0.5, 0.6) is 0 Å². The number of amides is 2. The third kappa shape index (κ3) is 6.61. The van der Waals surface area contributed by atoms with Crippen LogP contribution in [-0.2, 0) is 22.6 Å². The first-order chi connectivity index (χ1) is 15.1. The number of rotatable bonds is 9. The van der Waals surface area contributed by atoms with Crippen molar-refractivity contribution < 1.29 is 9.59 Å². The van der Waals surface area contributed by atoms with Crippen LogP contribution < -0.4 is 5.32 Å². The normalized spacial score (nSPS) is 11.5. The van der Waals surface area contributed by atoms with Crippen LogP contribution >= 0.6 is 23.4 Å².